The standard InChI is InChI=1S/C9H11.Pb/c1-8(2)9-6-4-3-5-7-9;/h4-8H,1-2H3;. The molecule has 0 unspecified atom stereocenters. The molecule has 0 atom stereocenters. The van der Waals surface area contributed by atoms with Crippen LogP contribution in [0, 0.1) is 0 Å². The third-order valence-electron chi connectivity index (χ3n) is 1.58. The quantitative estimate of drug-likeness (QED) is 0.688. The van der Waals surface area contributed by atoms with Crippen LogP contribution in [-0.2, 0) is 0 Å². The summed E-state index contributed by atoms with van der Waals surface area (Å²) in [6.07, 6.45) is 0. The van der Waals surface area contributed by atoms with Gasteiger partial charge in [0.15, 0.2) is 0 Å². The zero-order valence-electron chi connectivity index (χ0n) is 6.39. The maximum absolute atomic E-state index is 2.23. The van der Waals surface area contributed by atoms with Crippen molar-refractivity contribution in [3.8, 4) is 0 Å². The first-order valence-electron chi connectivity index (χ1n) is 3.51. The number of hydrogen-bond acceptors (Lipinski definition) is 0. The van der Waals surface area contributed by atoms with Gasteiger partial charge in [-0.2, -0.15) is 0 Å². The van der Waals surface area contributed by atoms with Crippen molar-refractivity contribution in [3.63, 3.8) is 0 Å². The monoisotopic (exact) mass is 327 g/mol. The molecule has 51 valence electrons. The van der Waals surface area contributed by atoms with Gasteiger partial charge in [0.2, 0.25) is 0 Å². The summed E-state index contributed by atoms with van der Waals surface area (Å²) in [5.41, 5.74) is 1.44. The van der Waals surface area contributed by atoms with Crippen molar-refractivity contribution in [1.82, 2.24) is 0 Å². The Hall–Kier alpha value is 0.142. The van der Waals surface area contributed by atoms with E-state index < -0.39 is 0 Å². The van der Waals surface area contributed by atoms with Gasteiger partial charge < -0.3 is 0 Å². The van der Waals surface area contributed by atoms with Crippen LogP contribution < -0.4 is 3.12 Å². The van der Waals surface area contributed by atoms with Gasteiger partial charge in [0.1, 0.15) is 0 Å². The van der Waals surface area contributed by atoms with Crippen LogP contribution in [0.4, 0.5) is 0 Å². The average Bonchev–Trinajstić information content (AvgIpc) is 1.88. The summed E-state index contributed by atoms with van der Waals surface area (Å²) in [5.74, 6) is 0.669. The molecule has 0 heterocycles. The Balaban J connectivity index is 2.89. The Labute approximate surface area is 78.3 Å². The van der Waals surface area contributed by atoms with Crippen LogP contribution in [0.15, 0.2) is 24.3 Å². The van der Waals surface area contributed by atoms with E-state index in [0.717, 1.165) is 0 Å². The van der Waals surface area contributed by atoms with Gasteiger partial charge in [-0.25, -0.2) is 0 Å². The van der Waals surface area contributed by atoms with E-state index in [1.54, 1.807) is 0 Å². The number of benzene rings is 1. The van der Waals surface area contributed by atoms with Crippen molar-refractivity contribution in [2.45, 2.75) is 19.8 Å². The zero-order valence-corrected chi connectivity index (χ0v) is 10.3. The van der Waals surface area contributed by atoms with Crippen molar-refractivity contribution in [2.75, 3.05) is 0 Å². The third-order valence-corrected chi connectivity index (χ3v) is 2.87. The zero-order chi connectivity index (χ0) is 7.56. The normalized spacial score (nSPS) is 10.4. The van der Waals surface area contributed by atoms with Gasteiger partial charge >= 0.3 is 78.5 Å². The van der Waals surface area contributed by atoms with Crippen molar-refractivity contribution in [1.29, 1.82) is 0 Å². The van der Waals surface area contributed by atoms with E-state index >= 15 is 0 Å². The summed E-state index contributed by atoms with van der Waals surface area (Å²) >= 11 is 1.17. The molecule has 0 aromatic heterocycles. The molecular weight excluding hydrogens is 315 g/mol. The molecule has 0 fully saturated rings. The molecule has 0 saturated carbocycles. The van der Waals surface area contributed by atoms with E-state index in [-0.39, 0.29) is 0 Å². The van der Waals surface area contributed by atoms with Crippen molar-refractivity contribution in [3.05, 3.63) is 29.8 Å². The minimum absolute atomic E-state index is 0.669. The molecule has 1 aromatic rings. The predicted molar refractivity (Wildman–Crippen MR) is 45.9 cm³/mol. The summed E-state index contributed by atoms with van der Waals surface area (Å²) < 4.78 is 1.48. The molecule has 0 bridgehead atoms. The molecule has 10 heavy (non-hydrogen) atoms. The van der Waals surface area contributed by atoms with E-state index in [4.69, 9.17) is 0 Å². The Kier molecular flexibility index (Phi) is 2.89. The molecule has 0 aliphatic carbocycles. The molecule has 0 spiro atoms. The number of rotatable bonds is 1. The fraction of sp³-hybridized carbons (Fsp3) is 0.333. The SMILES string of the molecule is CC(C)c1cc[c]([Pb])cc1. The molecule has 1 aromatic carbocycles. The Morgan fingerprint density at radius 2 is 1.60 bits per heavy atom. The van der Waals surface area contributed by atoms with Crippen LogP contribution in [0.1, 0.15) is 25.3 Å². The molecule has 0 aliphatic heterocycles. The topological polar surface area (TPSA) is 0 Å². The molecule has 3 radical (unpaired) electrons. The number of hydrogen-bond donors (Lipinski definition) is 0. The first-order valence-corrected chi connectivity index (χ1v) is 5.46. The third kappa shape index (κ3) is 2.08. The Morgan fingerprint density at radius 1 is 1.10 bits per heavy atom. The minimum atomic E-state index is 0.669. The van der Waals surface area contributed by atoms with Crippen molar-refractivity contribution in [2.24, 2.45) is 0 Å². The fourth-order valence-electron chi connectivity index (χ4n) is 0.868. The first-order chi connectivity index (χ1) is 4.70. The van der Waals surface area contributed by atoms with Crippen LogP contribution in [0.2, 0.25) is 0 Å². The summed E-state index contributed by atoms with van der Waals surface area (Å²) in [7, 11) is 0. The van der Waals surface area contributed by atoms with Crippen molar-refractivity contribution >= 4 is 28.9 Å². The predicted octanol–water partition coefficient (Wildman–Crippen LogP) is 1.60. The summed E-state index contributed by atoms with van der Waals surface area (Å²) in [6.45, 7) is 4.45. The van der Waals surface area contributed by atoms with Crippen LogP contribution >= 0.6 is 0 Å². The van der Waals surface area contributed by atoms with E-state index in [0.29, 0.717) is 5.92 Å². The fourth-order valence-corrected chi connectivity index (χ4v) is 1.52. The molecule has 0 N–H and O–H groups in total. The first kappa shape index (κ1) is 8.24. The molecule has 0 aliphatic rings. The van der Waals surface area contributed by atoms with Gasteiger partial charge in [0, 0.05) is 0 Å². The maximum atomic E-state index is 2.23. The van der Waals surface area contributed by atoms with Gasteiger partial charge in [0.05, 0.1) is 0 Å². The van der Waals surface area contributed by atoms with Gasteiger partial charge in [-0.3, -0.25) is 0 Å². The average molecular weight is 326 g/mol. The Bertz CT molecular complexity index is 198. The van der Waals surface area contributed by atoms with Crippen LogP contribution in [-0.4, -0.2) is 25.8 Å². The molecule has 1 heteroatoms. The van der Waals surface area contributed by atoms with Gasteiger partial charge in [-0.15, -0.1) is 0 Å². The van der Waals surface area contributed by atoms with Gasteiger partial charge in [0.25, 0.3) is 0 Å². The van der Waals surface area contributed by atoms with Crippen LogP contribution in [0.25, 0.3) is 0 Å². The van der Waals surface area contributed by atoms with E-state index in [1.807, 2.05) is 0 Å². The van der Waals surface area contributed by atoms with Crippen LogP contribution in [0.3, 0.4) is 0 Å². The summed E-state index contributed by atoms with van der Waals surface area (Å²) in [5, 5.41) is 0. The molecule has 0 nitrogen and oxygen atoms in total. The Morgan fingerprint density at radius 3 is 2.00 bits per heavy atom. The van der Waals surface area contributed by atoms with Crippen molar-refractivity contribution < 1.29 is 0 Å². The van der Waals surface area contributed by atoms with Crippen LogP contribution in [0.5, 0.6) is 0 Å². The second-order valence-corrected chi connectivity index (χ2v) is 5.02. The summed E-state index contributed by atoms with van der Waals surface area (Å²) in [4.78, 5) is 0. The molecule has 1 rings (SSSR count). The second kappa shape index (κ2) is 3.51. The van der Waals surface area contributed by atoms with E-state index in [9.17, 15) is 0 Å². The second-order valence-electron chi connectivity index (χ2n) is 2.78. The molecule has 0 amide bonds. The summed E-state index contributed by atoms with van der Waals surface area (Å²) in [6, 6.07) is 8.91. The van der Waals surface area contributed by atoms with E-state index in [2.05, 4.69) is 38.1 Å². The molecular formula is C9H11Pb. The molecule has 0 saturated heterocycles. The van der Waals surface area contributed by atoms with Gasteiger partial charge in [-0.05, 0) is 0 Å². The van der Waals surface area contributed by atoms with E-state index in [1.165, 1.54) is 34.5 Å². The van der Waals surface area contributed by atoms with Gasteiger partial charge in [-0.1, -0.05) is 0 Å².